The van der Waals surface area contributed by atoms with E-state index in [4.69, 9.17) is 4.55 Å². The number of sulfonamides is 2. The molecule has 0 fully saturated rings. The molecule has 0 unspecified atom stereocenters. The van der Waals surface area contributed by atoms with E-state index in [1.165, 1.54) is 4.74 Å². The van der Waals surface area contributed by atoms with E-state index in [9.17, 15) is 86.7 Å². The van der Waals surface area contributed by atoms with Crippen LogP contribution in [0, 0.1) is 11.6 Å². The van der Waals surface area contributed by atoms with E-state index in [1.54, 1.807) is 0 Å². The zero-order valence-corrected chi connectivity index (χ0v) is 20.2. The highest BCUT2D eigenvalue weighted by Crippen LogP contribution is 2.51. The minimum atomic E-state index is -8.24. The first kappa shape index (κ1) is 35.3. The van der Waals surface area contributed by atoms with Gasteiger partial charge in [-0.15, -0.1) is 0 Å². The Morgan fingerprint density at radius 3 is 1.51 bits per heavy atom. The monoisotopic (exact) mass is 685 g/mol. The van der Waals surface area contributed by atoms with E-state index in [0.29, 0.717) is 0 Å². The maximum Gasteiger partial charge on any atom is 0.460 e. The van der Waals surface area contributed by atoms with Gasteiger partial charge in [0.2, 0.25) is 0 Å². The quantitative estimate of drug-likeness (QED) is 0.191. The molecular weight excluding hydrogens is 680 g/mol. The van der Waals surface area contributed by atoms with Crippen LogP contribution in [0.5, 0.6) is 0 Å². The highest BCUT2D eigenvalue weighted by molar-refractivity contribution is 8.07. The molecule has 27 heteroatoms. The molecule has 0 atom stereocenters. The number of benzene rings is 1. The van der Waals surface area contributed by atoms with Crippen LogP contribution < -0.4 is 4.13 Å². The van der Waals surface area contributed by atoms with E-state index < -0.39 is 95.8 Å². The van der Waals surface area contributed by atoms with Crippen molar-refractivity contribution in [3.05, 3.63) is 29.8 Å². The summed E-state index contributed by atoms with van der Waals surface area (Å²) in [6, 6.07) is -0.0523. The second kappa shape index (κ2) is 10.00. The number of alkyl halides is 12. The van der Waals surface area contributed by atoms with Crippen molar-refractivity contribution in [2.75, 3.05) is 0 Å². The Labute approximate surface area is 210 Å². The lowest BCUT2D eigenvalue weighted by molar-refractivity contribution is -0.442. The maximum absolute atomic E-state index is 14.0. The topological polar surface area (TPSA) is 144 Å². The van der Waals surface area contributed by atoms with E-state index in [0.717, 1.165) is 0 Å². The smallest absolute Gasteiger partial charge is 0.281 e. The van der Waals surface area contributed by atoms with E-state index in [2.05, 4.69) is 0 Å². The normalized spacial score (nSPS) is 15.5. The number of nitrogens with one attached hydrogen (secondary N) is 1. The SMILES string of the molecule is O=S(=O)(O)C(F)(F)C(F)(F)OC(F)(F)C(F)(F)S(=O)(=O)NS(=O)(=O)C(F)(F)C(F)(F)Sc1ccc(F)cc1F. The largest absolute Gasteiger partial charge is 0.460 e. The molecule has 2 N–H and O–H groups in total. The number of hydrogen-bond acceptors (Lipinski definition) is 8. The summed E-state index contributed by atoms with van der Waals surface area (Å²) in [7, 11) is -23.7. The van der Waals surface area contributed by atoms with Crippen LogP contribution >= 0.6 is 11.8 Å². The van der Waals surface area contributed by atoms with Crippen LogP contribution in [0.1, 0.15) is 0 Å². The van der Waals surface area contributed by atoms with Crippen LogP contribution in [-0.2, 0) is 34.9 Å². The van der Waals surface area contributed by atoms with Crippen molar-refractivity contribution < 1.29 is 96.0 Å². The molecule has 0 spiro atoms. The summed E-state index contributed by atoms with van der Waals surface area (Å²) in [6.45, 7) is 0. The lowest BCUT2D eigenvalue weighted by Crippen LogP contribution is -2.61. The van der Waals surface area contributed by atoms with Gasteiger partial charge in [-0.3, -0.25) is 4.55 Å². The van der Waals surface area contributed by atoms with Crippen molar-refractivity contribution >= 4 is 41.9 Å². The van der Waals surface area contributed by atoms with Gasteiger partial charge in [-0.1, -0.05) is 4.13 Å². The van der Waals surface area contributed by atoms with Gasteiger partial charge in [0.25, 0.3) is 20.0 Å². The van der Waals surface area contributed by atoms with Crippen molar-refractivity contribution in [1.82, 2.24) is 4.13 Å². The Morgan fingerprint density at radius 2 is 1.10 bits per heavy atom. The third kappa shape index (κ3) is 6.31. The van der Waals surface area contributed by atoms with Crippen molar-refractivity contribution in [3.8, 4) is 0 Å². The number of rotatable bonds is 12. The summed E-state index contributed by atoms with van der Waals surface area (Å²) in [5.74, 6) is -3.54. The number of ether oxygens (including phenoxy) is 1. The summed E-state index contributed by atoms with van der Waals surface area (Å²) >= 11 is -1.80. The third-order valence-electron chi connectivity index (χ3n) is 3.62. The van der Waals surface area contributed by atoms with Crippen molar-refractivity contribution in [2.24, 2.45) is 0 Å². The first-order valence-electron chi connectivity index (χ1n) is 8.15. The molecule has 0 radical (unpaired) electrons. The summed E-state index contributed by atoms with van der Waals surface area (Å²) in [5.41, 5.74) is 0. The van der Waals surface area contributed by atoms with Gasteiger partial charge in [-0.2, -0.15) is 61.1 Å². The first-order chi connectivity index (χ1) is 16.8. The number of thioether (sulfide) groups is 1. The molecule has 1 aromatic carbocycles. The van der Waals surface area contributed by atoms with Crippen LogP contribution in [0.25, 0.3) is 0 Å². The van der Waals surface area contributed by atoms with Crippen molar-refractivity contribution in [3.63, 3.8) is 0 Å². The van der Waals surface area contributed by atoms with Crippen LogP contribution in [0.2, 0.25) is 0 Å². The molecule has 0 aromatic heterocycles. The predicted molar refractivity (Wildman–Crippen MR) is 95.5 cm³/mol. The first-order valence-corrected chi connectivity index (χ1v) is 13.4. The molecule has 0 aliphatic heterocycles. The molecule has 1 rings (SSSR count). The van der Waals surface area contributed by atoms with Gasteiger partial charge in [-0.25, -0.2) is 30.4 Å². The van der Waals surface area contributed by atoms with Gasteiger partial charge in [0.15, 0.2) is 0 Å². The standard InChI is InChI=1S/C12H5F14NO8S4/c13-4-1-2-6(5(14)3-4)36-9(19,20)12(25,26)38(30,31)27-37(28,29)10(21,22)7(15,16)35-8(17,18)11(23,24)39(32,33)34/h1-3,27H,(H,32,33,34). The Bertz CT molecular complexity index is 1430. The molecule has 39 heavy (non-hydrogen) atoms. The zero-order chi connectivity index (χ0) is 31.5. The van der Waals surface area contributed by atoms with Crippen LogP contribution in [-0.4, -0.2) is 63.0 Å². The minimum Gasteiger partial charge on any atom is -0.281 e. The van der Waals surface area contributed by atoms with E-state index >= 15 is 0 Å². The average molecular weight is 685 g/mol. The highest BCUT2D eigenvalue weighted by atomic mass is 32.3. The Kier molecular flexibility index (Phi) is 9.06. The molecule has 1 aromatic rings. The molecule has 228 valence electrons. The molecule has 0 bridgehead atoms. The molecule has 0 saturated carbocycles. The molecule has 0 saturated heterocycles. The van der Waals surface area contributed by atoms with E-state index in [1.807, 2.05) is 0 Å². The molecular formula is C12H5F14NO8S4. The van der Waals surface area contributed by atoms with Gasteiger partial charge >= 0.3 is 43.4 Å². The molecule has 0 amide bonds. The van der Waals surface area contributed by atoms with Gasteiger partial charge in [-0.05, 0) is 23.9 Å². The molecule has 9 nitrogen and oxygen atoms in total. The second-order valence-corrected chi connectivity index (χ2v) is 12.8. The Balaban J connectivity index is 3.45. The fraction of sp³-hybridized carbons (Fsp3) is 0.500. The third-order valence-corrected chi connectivity index (χ3v) is 9.30. The molecule has 0 heterocycles. The Hall–Kier alpha value is -1.68. The fourth-order valence-electron chi connectivity index (χ4n) is 1.75. The summed E-state index contributed by atoms with van der Waals surface area (Å²) in [6.07, 6.45) is -15.2. The zero-order valence-electron chi connectivity index (χ0n) is 17.0. The van der Waals surface area contributed by atoms with Gasteiger partial charge in [0, 0.05) is 11.0 Å². The minimum absolute atomic E-state index is 0.00465. The Morgan fingerprint density at radius 1 is 0.692 bits per heavy atom. The van der Waals surface area contributed by atoms with Gasteiger partial charge in [0.05, 0.1) is 0 Å². The number of hydrogen-bond donors (Lipinski definition) is 2. The van der Waals surface area contributed by atoms with Crippen LogP contribution in [0.15, 0.2) is 23.1 Å². The summed E-state index contributed by atoms with van der Waals surface area (Å²) in [5, 5.41) is -28.3. The van der Waals surface area contributed by atoms with Crippen molar-refractivity contribution in [2.45, 2.75) is 38.1 Å². The van der Waals surface area contributed by atoms with Gasteiger partial charge in [0.1, 0.15) is 11.6 Å². The molecule has 0 aliphatic carbocycles. The van der Waals surface area contributed by atoms with E-state index in [-0.39, 0.29) is 18.2 Å². The van der Waals surface area contributed by atoms with Crippen LogP contribution in [0.3, 0.4) is 0 Å². The summed E-state index contributed by atoms with van der Waals surface area (Å²) in [4.78, 5) is -1.67. The average Bonchev–Trinajstić information content (AvgIpc) is 2.67. The van der Waals surface area contributed by atoms with Crippen LogP contribution in [0.4, 0.5) is 61.5 Å². The number of halogens is 14. The highest BCUT2D eigenvalue weighted by Gasteiger charge is 2.78. The van der Waals surface area contributed by atoms with Gasteiger partial charge < -0.3 is 0 Å². The second-order valence-electron chi connectivity index (χ2n) is 6.44. The lowest BCUT2D eigenvalue weighted by atomic mass is 10.3. The maximum atomic E-state index is 14.0. The summed E-state index contributed by atoms with van der Waals surface area (Å²) < 4.78 is 263. The fourth-order valence-corrected chi connectivity index (χ4v) is 5.89. The van der Waals surface area contributed by atoms with Crippen molar-refractivity contribution in [1.29, 1.82) is 0 Å². The lowest BCUT2D eigenvalue weighted by Gasteiger charge is -2.31. The predicted octanol–water partition coefficient (Wildman–Crippen LogP) is 3.77. The molecule has 0 aliphatic rings.